The number of benzene rings is 3. The zero-order valence-electron chi connectivity index (χ0n) is 20.6. The maximum atomic E-state index is 13.4. The van der Waals surface area contributed by atoms with Crippen LogP contribution in [0, 0.1) is 6.92 Å². The van der Waals surface area contributed by atoms with Crippen molar-refractivity contribution in [3.05, 3.63) is 100 Å². The Kier molecular flexibility index (Phi) is 8.08. The van der Waals surface area contributed by atoms with E-state index in [-0.39, 0.29) is 12.3 Å². The quantitative estimate of drug-likeness (QED) is 0.275. The number of carbonyl (C=O) groups excluding carboxylic acids is 4. The van der Waals surface area contributed by atoms with E-state index in [2.05, 4.69) is 10.9 Å². The number of hydrogen-bond acceptors (Lipinski definition) is 6. The summed E-state index contributed by atoms with van der Waals surface area (Å²) < 4.78 is 12.0. The van der Waals surface area contributed by atoms with Crippen LogP contribution in [0.5, 0.6) is 5.75 Å². The van der Waals surface area contributed by atoms with Crippen LogP contribution in [0.4, 0.5) is 0 Å². The summed E-state index contributed by atoms with van der Waals surface area (Å²) in [7, 11) is 1.52. The zero-order valence-corrected chi connectivity index (χ0v) is 21.4. The van der Waals surface area contributed by atoms with Crippen molar-refractivity contribution in [3.63, 3.8) is 0 Å². The topological polar surface area (TPSA) is 116 Å². The summed E-state index contributed by atoms with van der Waals surface area (Å²) in [6, 6.07) is 20.0. The smallest absolute Gasteiger partial charge is 0.310 e. The Hall–Kier alpha value is -4.63. The van der Waals surface area contributed by atoms with Crippen molar-refractivity contribution < 1.29 is 28.7 Å². The minimum Gasteiger partial charge on any atom is -0.497 e. The fourth-order valence-corrected chi connectivity index (χ4v) is 4.09. The molecule has 9 nitrogen and oxygen atoms in total. The van der Waals surface area contributed by atoms with Crippen molar-refractivity contribution >= 4 is 46.2 Å². The van der Waals surface area contributed by atoms with Gasteiger partial charge >= 0.3 is 5.97 Å². The molecule has 0 saturated heterocycles. The number of nitrogens with one attached hydrogen (secondary N) is 2. The number of hydrazine groups is 1. The normalized spacial score (nSPS) is 10.6. The van der Waals surface area contributed by atoms with E-state index >= 15 is 0 Å². The van der Waals surface area contributed by atoms with E-state index in [1.807, 2.05) is 0 Å². The first-order chi connectivity index (χ1) is 18.3. The Balaban J connectivity index is 1.48. The van der Waals surface area contributed by atoms with Gasteiger partial charge in [0.2, 0.25) is 0 Å². The summed E-state index contributed by atoms with van der Waals surface area (Å²) in [6.07, 6.45) is -0.194. The number of amides is 2. The molecule has 10 heteroatoms. The number of fused-ring (bicyclic) bond motifs is 1. The van der Waals surface area contributed by atoms with E-state index in [0.717, 1.165) is 0 Å². The number of rotatable bonds is 7. The second-order valence-electron chi connectivity index (χ2n) is 8.30. The summed E-state index contributed by atoms with van der Waals surface area (Å²) in [6.45, 7) is 1.13. The molecule has 0 fully saturated rings. The van der Waals surface area contributed by atoms with Gasteiger partial charge in [-0.05, 0) is 67.1 Å². The Morgan fingerprint density at radius 1 is 0.895 bits per heavy atom. The van der Waals surface area contributed by atoms with Gasteiger partial charge in [0.1, 0.15) is 5.75 Å². The van der Waals surface area contributed by atoms with E-state index < -0.39 is 24.4 Å². The number of aromatic nitrogens is 1. The molecule has 0 radical (unpaired) electrons. The zero-order chi connectivity index (χ0) is 27.2. The fraction of sp³-hybridized carbons (Fsp3) is 0.143. The number of carbonyl (C=O) groups is 4. The predicted octanol–water partition coefficient (Wildman–Crippen LogP) is 3.85. The monoisotopic (exact) mass is 533 g/mol. The standard InChI is InChI=1S/C28H24ClN3O6/c1-17-22(15-26(34)38-16-25(33)30-31-27(35)18-6-4-3-5-7-18)23-14-21(37-2)12-13-24(23)32(17)28(36)19-8-10-20(29)11-9-19/h3-14H,15-16H2,1-2H3,(H,30,33)(H,31,35). The second kappa shape index (κ2) is 11.6. The van der Waals surface area contributed by atoms with Crippen molar-refractivity contribution in [2.45, 2.75) is 13.3 Å². The van der Waals surface area contributed by atoms with E-state index in [1.54, 1.807) is 79.7 Å². The van der Waals surface area contributed by atoms with E-state index in [4.69, 9.17) is 21.1 Å². The van der Waals surface area contributed by atoms with Gasteiger partial charge in [-0.3, -0.25) is 34.6 Å². The third-order valence-electron chi connectivity index (χ3n) is 5.87. The molecule has 1 heterocycles. The molecule has 194 valence electrons. The number of halogens is 1. The molecule has 4 aromatic rings. The van der Waals surface area contributed by atoms with Gasteiger partial charge in [-0.25, -0.2) is 0 Å². The molecule has 0 spiro atoms. The first-order valence-electron chi connectivity index (χ1n) is 11.6. The molecule has 2 N–H and O–H groups in total. The third kappa shape index (κ3) is 5.84. The SMILES string of the molecule is COc1ccc2c(c1)c(CC(=O)OCC(=O)NNC(=O)c1ccccc1)c(C)n2C(=O)c1ccc(Cl)cc1. The van der Waals surface area contributed by atoms with Gasteiger partial charge in [-0.2, -0.15) is 0 Å². The minimum atomic E-state index is -0.707. The lowest BCUT2D eigenvalue weighted by atomic mass is 10.1. The number of hydrogen-bond donors (Lipinski definition) is 2. The van der Waals surface area contributed by atoms with Crippen molar-refractivity contribution in [1.29, 1.82) is 0 Å². The first-order valence-corrected chi connectivity index (χ1v) is 11.9. The highest BCUT2D eigenvalue weighted by Crippen LogP contribution is 2.31. The summed E-state index contributed by atoms with van der Waals surface area (Å²) in [5.74, 6) is -1.63. The predicted molar refractivity (Wildman–Crippen MR) is 141 cm³/mol. The molecule has 0 aliphatic heterocycles. The van der Waals surface area contributed by atoms with Gasteiger partial charge in [0.15, 0.2) is 6.61 Å². The van der Waals surface area contributed by atoms with Crippen LogP contribution in [0.25, 0.3) is 10.9 Å². The van der Waals surface area contributed by atoms with Crippen molar-refractivity contribution in [1.82, 2.24) is 15.4 Å². The summed E-state index contributed by atoms with van der Waals surface area (Å²) in [5.41, 5.74) is 6.95. The minimum absolute atomic E-state index is 0.194. The molecule has 0 aliphatic rings. The summed E-state index contributed by atoms with van der Waals surface area (Å²) in [4.78, 5) is 50.2. The third-order valence-corrected chi connectivity index (χ3v) is 6.12. The molecular weight excluding hydrogens is 510 g/mol. The van der Waals surface area contributed by atoms with Gasteiger partial charge in [0.25, 0.3) is 17.7 Å². The molecule has 0 bridgehead atoms. The molecule has 0 aliphatic carbocycles. The average Bonchev–Trinajstić information content (AvgIpc) is 3.20. The number of ether oxygens (including phenoxy) is 2. The number of nitrogens with zero attached hydrogens (tertiary/aromatic N) is 1. The Morgan fingerprint density at radius 2 is 1.61 bits per heavy atom. The lowest BCUT2D eigenvalue weighted by molar-refractivity contribution is -0.148. The van der Waals surface area contributed by atoms with Crippen LogP contribution in [0.1, 0.15) is 32.0 Å². The Bertz CT molecular complexity index is 1510. The van der Waals surface area contributed by atoms with E-state index in [9.17, 15) is 19.2 Å². The van der Waals surface area contributed by atoms with Crippen LogP contribution < -0.4 is 15.6 Å². The van der Waals surface area contributed by atoms with Crippen LogP contribution >= 0.6 is 11.6 Å². The molecule has 1 aromatic heterocycles. The highest BCUT2D eigenvalue weighted by atomic mass is 35.5. The lowest BCUT2D eigenvalue weighted by Gasteiger charge is -2.09. The van der Waals surface area contributed by atoms with Crippen LogP contribution in [0.15, 0.2) is 72.8 Å². The van der Waals surface area contributed by atoms with Crippen LogP contribution in [0.2, 0.25) is 5.02 Å². The van der Waals surface area contributed by atoms with Gasteiger partial charge < -0.3 is 9.47 Å². The molecule has 0 atom stereocenters. The van der Waals surface area contributed by atoms with Gasteiger partial charge in [-0.1, -0.05) is 29.8 Å². The second-order valence-corrected chi connectivity index (χ2v) is 8.74. The molecular formula is C28H24ClN3O6. The maximum Gasteiger partial charge on any atom is 0.310 e. The van der Waals surface area contributed by atoms with Crippen LogP contribution in [-0.2, 0) is 20.7 Å². The lowest BCUT2D eigenvalue weighted by Crippen LogP contribution is -2.43. The fourth-order valence-electron chi connectivity index (χ4n) is 3.96. The number of esters is 1. The molecule has 3 aromatic carbocycles. The van der Waals surface area contributed by atoms with Crippen molar-refractivity contribution in [2.24, 2.45) is 0 Å². The molecule has 0 saturated carbocycles. The molecule has 4 rings (SSSR count). The maximum absolute atomic E-state index is 13.4. The summed E-state index contributed by atoms with van der Waals surface area (Å²) >= 11 is 5.97. The summed E-state index contributed by atoms with van der Waals surface area (Å²) in [5, 5.41) is 1.15. The van der Waals surface area contributed by atoms with Crippen molar-refractivity contribution in [2.75, 3.05) is 13.7 Å². The Morgan fingerprint density at radius 3 is 2.29 bits per heavy atom. The van der Waals surface area contributed by atoms with Crippen LogP contribution in [0.3, 0.4) is 0 Å². The van der Waals surface area contributed by atoms with Crippen LogP contribution in [-0.4, -0.2) is 42.0 Å². The average molecular weight is 534 g/mol. The van der Waals surface area contributed by atoms with E-state index in [0.29, 0.717) is 44.1 Å². The largest absolute Gasteiger partial charge is 0.497 e. The highest BCUT2D eigenvalue weighted by molar-refractivity contribution is 6.30. The van der Waals surface area contributed by atoms with Crippen molar-refractivity contribution in [3.8, 4) is 5.75 Å². The van der Waals surface area contributed by atoms with Gasteiger partial charge in [0, 0.05) is 27.2 Å². The highest BCUT2D eigenvalue weighted by Gasteiger charge is 2.23. The van der Waals surface area contributed by atoms with Gasteiger partial charge in [0.05, 0.1) is 19.0 Å². The molecule has 0 unspecified atom stereocenters. The van der Waals surface area contributed by atoms with E-state index in [1.165, 1.54) is 11.7 Å². The van der Waals surface area contributed by atoms with Gasteiger partial charge in [-0.15, -0.1) is 0 Å². The first kappa shape index (κ1) is 26.4. The molecule has 2 amide bonds. The number of methoxy groups -OCH3 is 1. The Labute approximate surface area is 223 Å². The molecule has 38 heavy (non-hydrogen) atoms.